The Hall–Kier alpha value is -3.44. The van der Waals surface area contributed by atoms with Crippen molar-refractivity contribution in [2.75, 3.05) is 44.5 Å². The van der Waals surface area contributed by atoms with Crippen molar-refractivity contribution in [3.63, 3.8) is 0 Å². The van der Waals surface area contributed by atoms with E-state index in [1.165, 1.54) is 16.2 Å². The molecule has 0 radical (unpaired) electrons. The molecule has 1 saturated heterocycles. The first-order valence-electron chi connectivity index (χ1n) is 12.4. The normalized spacial score (nSPS) is 21.2. The minimum atomic E-state index is -0.941. The zero-order chi connectivity index (χ0) is 26.3. The summed E-state index contributed by atoms with van der Waals surface area (Å²) in [5.41, 5.74) is 9.80. The summed E-state index contributed by atoms with van der Waals surface area (Å²) >= 11 is 1.33. The molecule has 3 aromatic rings. The number of nitrogen functional groups attached to an aromatic ring is 1. The van der Waals surface area contributed by atoms with E-state index >= 15 is 0 Å². The number of ether oxygens (including phenoxy) is 1. The van der Waals surface area contributed by atoms with Gasteiger partial charge in [0.15, 0.2) is 0 Å². The van der Waals surface area contributed by atoms with Gasteiger partial charge in [-0.1, -0.05) is 6.07 Å². The van der Waals surface area contributed by atoms with Crippen molar-refractivity contribution in [1.29, 1.82) is 0 Å². The lowest BCUT2D eigenvalue weighted by Crippen LogP contribution is -2.42. The van der Waals surface area contributed by atoms with Gasteiger partial charge in [0.2, 0.25) is 0 Å². The molecular weight excluding hydrogens is 492 g/mol. The van der Waals surface area contributed by atoms with Crippen LogP contribution in [-0.4, -0.2) is 77.9 Å². The Morgan fingerprint density at radius 1 is 1.27 bits per heavy atom. The molecule has 1 aliphatic carbocycles. The van der Waals surface area contributed by atoms with Crippen LogP contribution in [0.4, 0.5) is 16.3 Å². The lowest BCUT2D eigenvalue weighted by molar-refractivity contribution is 0.0937. The highest BCUT2D eigenvalue weighted by Crippen LogP contribution is 2.33. The summed E-state index contributed by atoms with van der Waals surface area (Å²) in [6, 6.07) is 7.73. The number of carbonyl (C=O) groups excluding carboxylic acids is 1. The van der Waals surface area contributed by atoms with Gasteiger partial charge >= 0.3 is 6.09 Å². The van der Waals surface area contributed by atoms with Crippen molar-refractivity contribution in [2.24, 2.45) is 5.92 Å². The standard InChI is InChI=1S/C26H32N6O4S/c1-14-4-7-18-22(27)23(37-25(18)28-14)24(33)29-17-6-8-19-15(10-17)5-9-21(30-19)32-11-16(13-36-3)20(12-32)31(2)26(34)35/h4-5,7,9,16-17,20H,6,8,10-13,27H2,1-3H3,(H,29,33)(H,34,35)/t16?,17-,20?/m0/s1. The number of rotatable bonds is 6. The summed E-state index contributed by atoms with van der Waals surface area (Å²) in [6.45, 7) is 3.67. The van der Waals surface area contributed by atoms with E-state index in [0.717, 1.165) is 45.8 Å². The number of pyridine rings is 2. The molecule has 2 amide bonds. The quantitative estimate of drug-likeness (QED) is 0.448. The molecule has 2 unspecified atom stereocenters. The van der Waals surface area contributed by atoms with Gasteiger partial charge in [0.05, 0.1) is 18.3 Å². The topological polar surface area (TPSA) is 134 Å². The number of carboxylic acid groups (broad SMARTS) is 1. The molecule has 4 heterocycles. The summed E-state index contributed by atoms with van der Waals surface area (Å²) in [7, 11) is 3.25. The SMILES string of the molecule is COCC1CN(c2ccc3c(n2)CC[C@H](NC(=O)c2sc4nc(C)ccc4c2N)C3)CC1N(C)C(=O)O. The third kappa shape index (κ3) is 4.93. The number of nitrogens with one attached hydrogen (secondary N) is 1. The second-order valence-electron chi connectivity index (χ2n) is 9.92. The fourth-order valence-electron chi connectivity index (χ4n) is 5.41. The van der Waals surface area contributed by atoms with Crippen LogP contribution in [0.25, 0.3) is 10.2 Å². The van der Waals surface area contributed by atoms with E-state index in [1.54, 1.807) is 14.2 Å². The Kier molecular flexibility index (Phi) is 6.91. The highest BCUT2D eigenvalue weighted by molar-refractivity contribution is 7.21. The average molecular weight is 525 g/mol. The molecule has 196 valence electrons. The summed E-state index contributed by atoms with van der Waals surface area (Å²) in [5.74, 6) is 0.763. The van der Waals surface area contributed by atoms with Crippen LogP contribution in [0, 0.1) is 12.8 Å². The second kappa shape index (κ2) is 10.1. The summed E-state index contributed by atoms with van der Waals surface area (Å²) in [5, 5.41) is 13.5. The Morgan fingerprint density at radius 2 is 2.08 bits per heavy atom. The van der Waals surface area contributed by atoms with Gasteiger partial charge in [-0.15, -0.1) is 11.3 Å². The first-order valence-corrected chi connectivity index (χ1v) is 13.2. The maximum Gasteiger partial charge on any atom is 0.407 e. The largest absolute Gasteiger partial charge is 0.465 e. The Morgan fingerprint density at radius 3 is 2.84 bits per heavy atom. The summed E-state index contributed by atoms with van der Waals surface area (Å²) in [6.07, 6.45) is 1.30. The van der Waals surface area contributed by atoms with E-state index in [0.29, 0.717) is 36.7 Å². The van der Waals surface area contributed by atoms with Crippen LogP contribution in [0.15, 0.2) is 24.3 Å². The fraction of sp³-hybridized carbons (Fsp3) is 0.462. The number of anilines is 2. The monoisotopic (exact) mass is 524 g/mol. The van der Waals surface area contributed by atoms with Gasteiger partial charge in [-0.25, -0.2) is 14.8 Å². The minimum Gasteiger partial charge on any atom is -0.465 e. The first-order chi connectivity index (χ1) is 17.7. The third-order valence-corrected chi connectivity index (χ3v) is 8.55. The Bertz CT molecular complexity index is 1340. The predicted molar refractivity (Wildman–Crippen MR) is 143 cm³/mol. The molecule has 2 aliphatic rings. The van der Waals surface area contributed by atoms with Crippen LogP contribution in [0.3, 0.4) is 0 Å². The maximum absolute atomic E-state index is 13.1. The maximum atomic E-state index is 13.1. The van der Waals surface area contributed by atoms with E-state index in [1.807, 2.05) is 25.1 Å². The molecule has 0 bridgehead atoms. The number of aryl methyl sites for hydroxylation is 2. The Balaban J connectivity index is 1.27. The lowest BCUT2D eigenvalue weighted by Gasteiger charge is -2.27. The molecule has 4 N–H and O–H groups in total. The van der Waals surface area contributed by atoms with Crippen molar-refractivity contribution < 1.29 is 19.4 Å². The van der Waals surface area contributed by atoms with Crippen LogP contribution in [-0.2, 0) is 17.6 Å². The van der Waals surface area contributed by atoms with Crippen LogP contribution in [0.5, 0.6) is 0 Å². The number of thiophene rings is 1. The number of aromatic nitrogens is 2. The number of fused-ring (bicyclic) bond motifs is 2. The zero-order valence-electron chi connectivity index (χ0n) is 21.2. The van der Waals surface area contributed by atoms with Crippen molar-refractivity contribution >= 4 is 45.1 Å². The number of hydrogen-bond acceptors (Lipinski definition) is 8. The molecule has 1 aliphatic heterocycles. The fourth-order valence-corrected chi connectivity index (χ4v) is 6.45. The van der Waals surface area contributed by atoms with Crippen LogP contribution < -0.4 is 16.0 Å². The highest BCUT2D eigenvalue weighted by atomic mass is 32.1. The van der Waals surface area contributed by atoms with Gasteiger partial charge in [0, 0.05) is 56.0 Å². The molecule has 11 heteroatoms. The van der Waals surface area contributed by atoms with Gasteiger partial charge in [-0.2, -0.15) is 0 Å². The average Bonchev–Trinajstić information content (AvgIpc) is 3.44. The molecule has 10 nitrogen and oxygen atoms in total. The number of nitrogens with zero attached hydrogens (tertiary/aromatic N) is 4. The second-order valence-corrected chi connectivity index (χ2v) is 10.9. The molecule has 37 heavy (non-hydrogen) atoms. The number of likely N-dealkylation sites (N-methyl/N-ethyl adjacent to an activating group) is 1. The molecule has 0 saturated carbocycles. The van der Waals surface area contributed by atoms with Crippen LogP contribution in [0.2, 0.25) is 0 Å². The molecular formula is C26H32N6O4S. The third-order valence-electron chi connectivity index (χ3n) is 7.43. The number of nitrogens with two attached hydrogens (primary N) is 1. The highest BCUT2D eigenvalue weighted by Gasteiger charge is 2.38. The van der Waals surface area contributed by atoms with Gasteiger partial charge in [-0.05, 0) is 49.9 Å². The van der Waals surface area contributed by atoms with Crippen LogP contribution >= 0.6 is 11.3 Å². The number of hydrogen-bond donors (Lipinski definition) is 3. The molecule has 3 aromatic heterocycles. The van der Waals surface area contributed by atoms with Crippen molar-refractivity contribution in [3.8, 4) is 0 Å². The Labute approximate surface area is 219 Å². The lowest BCUT2D eigenvalue weighted by atomic mass is 9.91. The van der Waals surface area contributed by atoms with Gasteiger partial charge in [0.1, 0.15) is 15.5 Å². The van der Waals surface area contributed by atoms with Crippen LogP contribution in [0.1, 0.15) is 33.0 Å². The van der Waals surface area contributed by atoms with E-state index in [4.69, 9.17) is 15.5 Å². The van der Waals surface area contributed by atoms with E-state index in [9.17, 15) is 14.7 Å². The first kappa shape index (κ1) is 25.2. The number of amides is 2. The van der Waals surface area contributed by atoms with Gasteiger partial charge < -0.3 is 30.7 Å². The van der Waals surface area contributed by atoms with E-state index in [2.05, 4.69) is 21.3 Å². The van der Waals surface area contributed by atoms with Crippen molar-refractivity contribution in [2.45, 2.75) is 38.3 Å². The number of methoxy groups -OCH3 is 1. The van der Waals surface area contributed by atoms with Crippen molar-refractivity contribution in [3.05, 3.63) is 46.1 Å². The number of carbonyl (C=O) groups is 2. The molecule has 0 aromatic carbocycles. The smallest absolute Gasteiger partial charge is 0.407 e. The van der Waals surface area contributed by atoms with Gasteiger partial charge in [0.25, 0.3) is 5.91 Å². The molecule has 3 atom stereocenters. The summed E-state index contributed by atoms with van der Waals surface area (Å²) in [4.78, 5) is 38.8. The van der Waals surface area contributed by atoms with E-state index < -0.39 is 6.09 Å². The molecule has 5 rings (SSSR count). The predicted octanol–water partition coefficient (Wildman–Crippen LogP) is 2.93. The zero-order valence-corrected chi connectivity index (χ0v) is 22.0. The van der Waals surface area contributed by atoms with Gasteiger partial charge in [-0.3, -0.25) is 4.79 Å². The minimum absolute atomic E-state index is 0.00146. The van der Waals surface area contributed by atoms with Crippen molar-refractivity contribution in [1.82, 2.24) is 20.2 Å². The van der Waals surface area contributed by atoms with E-state index in [-0.39, 0.29) is 23.9 Å². The molecule has 1 fully saturated rings. The summed E-state index contributed by atoms with van der Waals surface area (Å²) < 4.78 is 5.35. The molecule has 0 spiro atoms.